The van der Waals surface area contributed by atoms with Crippen molar-refractivity contribution in [3.8, 4) is 0 Å². The van der Waals surface area contributed by atoms with Crippen molar-refractivity contribution in [1.29, 1.82) is 0 Å². The molecule has 1 aliphatic heterocycles. The van der Waals surface area contributed by atoms with Gasteiger partial charge in [0.1, 0.15) is 0 Å². The van der Waals surface area contributed by atoms with E-state index in [4.69, 9.17) is 12.2 Å². The molecule has 1 nitrogen and oxygen atoms in total. The van der Waals surface area contributed by atoms with E-state index in [0.717, 1.165) is 17.8 Å². The van der Waals surface area contributed by atoms with Crippen molar-refractivity contribution >= 4 is 22.9 Å². The van der Waals surface area contributed by atoms with Crippen LogP contribution in [-0.2, 0) is 6.42 Å². The van der Waals surface area contributed by atoms with Gasteiger partial charge in [-0.15, -0.1) is 0 Å². The Hall–Kier alpha value is -0.890. The highest BCUT2D eigenvalue weighted by Gasteiger charge is 2.16. The predicted octanol–water partition coefficient (Wildman–Crippen LogP) is 2.40. The summed E-state index contributed by atoms with van der Waals surface area (Å²) in [7, 11) is 2.04. The third-order valence-corrected chi connectivity index (χ3v) is 2.81. The fraction of sp³-hybridized carbons (Fsp3) is 0.300. The minimum absolute atomic E-state index is 1.02. The fourth-order valence-corrected chi connectivity index (χ4v) is 1.79. The lowest BCUT2D eigenvalue weighted by atomic mass is 10.0. The van der Waals surface area contributed by atoms with Crippen LogP contribution in [0.4, 0.5) is 5.69 Å². The summed E-state index contributed by atoms with van der Waals surface area (Å²) in [4.78, 5) is 3.16. The molecule has 12 heavy (non-hydrogen) atoms. The molecule has 0 bridgehead atoms. The molecule has 0 N–H and O–H groups in total. The standard InChI is InChI=1S/C10H11NS/c1-11-9-5-3-2-4-8(9)6-7-10(11)12/h2-5H,6-7H2,1H3. The highest BCUT2D eigenvalue weighted by atomic mass is 32.1. The Labute approximate surface area is 78.0 Å². The number of aryl methyl sites for hydroxylation is 1. The van der Waals surface area contributed by atoms with E-state index in [1.165, 1.54) is 11.3 Å². The molecule has 0 aromatic heterocycles. The molecule has 2 rings (SSSR count). The highest BCUT2D eigenvalue weighted by Crippen LogP contribution is 2.26. The molecule has 0 aliphatic carbocycles. The van der Waals surface area contributed by atoms with Crippen LogP contribution in [-0.4, -0.2) is 12.0 Å². The number of rotatable bonds is 0. The third kappa shape index (κ3) is 1.12. The number of thiocarbonyl (C=S) groups is 1. The number of fused-ring (bicyclic) bond motifs is 1. The second-order valence-corrected chi connectivity index (χ2v) is 3.55. The number of nitrogens with zero attached hydrogens (tertiary/aromatic N) is 1. The van der Waals surface area contributed by atoms with Crippen LogP contribution in [0.25, 0.3) is 0 Å². The van der Waals surface area contributed by atoms with Crippen molar-refractivity contribution in [2.24, 2.45) is 0 Å². The number of hydrogen-bond acceptors (Lipinski definition) is 1. The Balaban J connectivity index is 2.48. The maximum absolute atomic E-state index is 5.23. The largest absolute Gasteiger partial charge is 0.339 e. The number of hydrogen-bond donors (Lipinski definition) is 0. The SMILES string of the molecule is CN1C(=S)CCc2ccccc21. The van der Waals surface area contributed by atoms with Crippen LogP contribution in [0.2, 0.25) is 0 Å². The Morgan fingerprint density at radius 2 is 2.00 bits per heavy atom. The summed E-state index contributed by atoms with van der Waals surface area (Å²) < 4.78 is 0. The van der Waals surface area contributed by atoms with E-state index in [2.05, 4.69) is 29.2 Å². The van der Waals surface area contributed by atoms with Crippen LogP contribution in [0.3, 0.4) is 0 Å². The van der Waals surface area contributed by atoms with E-state index in [-0.39, 0.29) is 0 Å². The Morgan fingerprint density at radius 3 is 2.83 bits per heavy atom. The lowest BCUT2D eigenvalue weighted by molar-refractivity contribution is 0.976. The monoisotopic (exact) mass is 177 g/mol. The first-order valence-electron chi connectivity index (χ1n) is 4.13. The Bertz CT molecular complexity index is 319. The zero-order valence-corrected chi connectivity index (χ0v) is 7.90. The maximum Gasteiger partial charge on any atom is 0.0824 e. The number of para-hydroxylation sites is 1. The van der Waals surface area contributed by atoms with Crippen molar-refractivity contribution in [2.45, 2.75) is 12.8 Å². The summed E-state index contributed by atoms with van der Waals surface area (Å²) in [6.45, 7) is 0. The molecule has 0 unspecified atom stereocenters. The van der Waals surface area contributed by atoms with Crippen LogP contribution >= 0.6 is 12.2 Å². The lowest BCUT2D eigenvalue weighted by Crippen LogP contribution is -2.29. The molecule has 1 aliphatic rings. The zero-order valence-electron chi connectivity index (χ0n) is 7.08. The van der Waals surface area contributed by atoms with Gasteiger partial charge in [-0.05, 0) is 18.1 Å². The van der Waals surface area contributed by atoms with Crippen LogP contribution < -0.4 is 4.90 Å². The normalized spacial score (nSPS) is 16.1. The molecule has 2 heteroatoms. The Morgan fingerprint density at radius 1 is 1.25 bits per heavy atom. The molecule has 62 valence electrons. The first-order chi connectivity index (χ1) is 5.79. The summed E-state index contributed by atoms with van der Waals surface area (Å²) >= 11 is 5.23. The van der Waals surface area contributed by atoms with Crippen molar-refractivity contribution in [3.05, 3.63) is 29.8 Å². The van der Waals surface area contributed by atoms with Gasteiger partial charge in [-0.25, -0.2) is 0 Å². The average molecular weight is 177 g/mol. The third-order valence-electron chi connectivity index (χ3n) is 2.34. The molecule has 1 heterocycles. The summed E-state index contributed by atoms with van der Waals surface area (Å²) in [6, 6.07) is 8.44. The van der Waals surface area contributed by atoms with E-state index in [9.17, 15) is 0 Å². The molecule has 1 aromatic rings. The number of benzene rings is 1. The molecule has 0 saturated heterocycles. The van der Waals surface area contributed by atoms with E-state index < -0.39 is 0 Å². The lowest BCUT2D eigenvalue weighted by Gasteiger charge is -2.27. The van der Waals surface area contributed by atoms with Gasteiger partial charge in [-0.2, -0.15) is 0 Å². The molecule has 0 amide bonds. The summed E-state index contributed by atoms with van der Waals surface area (Å²) in [5.74, 6) is 0. The van der Waals surface area contributed by atoms with Crippen LogP contribution in [0, 0.1) is 0 Å². The first kappa shape index (κ1) is 7.74. The summed E-state index contributed by atoms with van der Waals surface area (Å²) in [5.41, 5.74) is 2.68. The van der Waals surface area contributed by atoms with Crippen molar-refractivity contribution in [3.63, 3.8) is 0 Å². The predicted molar refractivity (Wildman–Crippen MR) is 55.8 cm³/mol. The topological polar surface area (TPSA) is 3.24 Å². The molecule has 0 atom stereocenters. The average Bonchev–Trinajstić information content (AvgIpc) is 2.12. The quantitative estimate of drug-likeness (QED) is 0.560. The van der Waals surface area contributed by atoms with E-state index in [1.807, 2.05) is 7.05 Å². The molecule has 1 aromatic carbocycles. The van der Waals surface area contributed by atoms with E-state index in [1.54, 1.807) is 0 Å². The summed E-state index contributed by atoms with van der Waals surface area (Å²) in [5, 5.41) is 0. The van der Waals surface area contributed by atoms with Gasteiger partial charge in [-0.3, -0.25) is 0 Å². The van der Waals surface area contributed by atoms with Crippen LogP contribution in [0.15, 0.2) is 24.3 Å². The van der Waals surface area contributed by atoms with Gasteiger partial charge in [0, 0.05) is 19.2 Å². The molecule has 0 spiro atoms. The maximum atomic E-state index is 5.23. The van der Waals surface area contributed by atoms with Gasteiger partial charge in [0.05, 0.1) is 4.99 Å². The van der Waals surface area contributed by atoms with Gasteiger partial charge >= 0.3 is 0 Å². The van der Waals surface area contributed by atoms with Gasteiger partial charge in [0.25, 0.3) is 0 Å². The van der Waals surface area contributed by atoms with Gasteiger partial charge in [0.15, 0.2) is 0 Å². The van der Waals surface area contributed by atoms with E-state index in [0.29, 0.717) is 0 Å². The van der Waals surface area contributed by atoms with E-state index >= 15 is 0 Å². The molecule has 0 fully saturated rings. The van der Waals surface area contributed by atoms with Gasteiger partial charge in [-0.1, -0.05) is 30.4 Å². The second kappa shape index (κ2) is 2.87. The minimum atomic E-state index is 1.02. The molecular weight excluding hydrogens is 166 g/mol. The fourth-order valence-electron chi connectivity index (χ4n) is 1.59. The molecule has 0 radical (unpaired) electrons. The molecular formula is C10H11NS. The highest BCUT2D eigenvalue weighted by molar-refractivity contribution is 7.80. The van der Waals surface area contributed by atoms with Gasteiger partial charge in [0.2, 0.25) is 0 Å². The Kier molecular flexibility index (Phi) is 1.85. The molecule has 0 saturated carbocycles. The number of anilines is 1. The minimum Gasteiger partial charge on any atom is -0.339 e. The van der Waals surface area contributed by atoms with Crippen LogP contribution in [0.1, 0.15) is 12.0 Å². The summed E-state index contributed by atoms with van der Waals surface area (Å²) in [6.07, 6.45) is 2.11. The van der Waals surface area contributed by atoms with Crippen molar-refractivity contribution < 1.29 is 0 Å². The smallest absolute Gasteiger partial charge is 0.0824 e. The van der Waals surface area contributed by atoms with Crippen molar-refractivity contribution in [2.75, 3.05) is 11.9 Å². The van der Waals surface area contributed by atoms with Gasteiger partial charge < -0.3 is 4.90 Å². The zero-order chi connectivity index (χ0) is 8.55. The first-order valence-corrected chi connectivity index (χ1v) is 4.54. The second-order valence-electron chi connectivity index (χ2n) is 3.08. The van der Waals surface area contributed by atoms with Crippen LogP contribution in [0.5, 0.6) is 0 Å². The van der Waals surface area contributed by atoms with Crippen molar-refractivity contribution in [1.82, 2.24) is 0 Å².